The van der Waals surface area contributed by atoms with Crippen molar-refractivity contribution in [3.63, 3.8) is 0 Å². The van der Waals surface area contributed by atoms with E-state index in [0.29, 0.717) is 24.8 Å². The molecular weight excluding hydrogens is 280 g/mol. The standard InChI is InChI=1S/C16H22N4O2/c1-13-17-16(22-18-13)12-20-9-7-19(8-10-20)11-15(21)14-5-3-2-4-6-14/h2-6,15,21H,7-12H2,1H3/t15-/m1/s1. The Labute approximate surface area is 130 Å². The molecule has 22 heavy (non-hydrogen) atoms. The minimum atomic E-state index is -0.425. The summed E-state index contributed by atoms with van der Waals surface area (Å²) in [4.78, 5) is 8.84. The minimum absolute atomic E-state index is 0.425. The van der Waals surface area contributed by atoms with Crippen molar-refractivity contribution < 1.29 is 9.63 Å². The van der Waals surface area contributed by atoms with E-state index in [4.69, 9.17) is 4.52 Å². The molecule has 2 heterocycles. The van der Waals surface area contributed by atoms with Crippen LogP contribution in [0.2, 0.25) is 0 Å². The normalized spacial score (nSPS) is 18.5. The third kappa shape index (κ3) is 3.91. The molecule has 1 aliphatic heterocycles. The molecule has 0 bridgehead atoms. The highest BCUT2D eigenvalue weighted by Gasteiger charge is 2.21. The summed E-state index contributed by atoms with van der Waals surface area (Å²) >= 11 is 0. The Bertz CT molecular complexity index is 579. The summed E-state index contributed by atoms with van der Waals surface area (Å²) in [6.07, 6.45) is -0.425. The van der Waals surface area contributed by atoms with Crippen LogP contribution in [0.3, 0.4) is 0 Å². The molecule has 0 saturated carbocycles. The maximum absolute atomic E-state index is 10.3. The van der Waals surface area contributed by atoms with E-state index in [2.05, 4.69) is 19.9 Å². The summed E-state index contributed by atoms with van der Waals surface area (Å²) in [6, 6.07) is 9.83. The Morgan fingerprint density at radius 1 is 1.14 bits per heavy atom. The largest absolute Gasteiger partial charge is 0.387 e. The second-order valence-corrected chi connectivity index (χ2v) is 5.74. The van der Waals surface area contributed by atoms with Gasteiger partial charge in [0.05, 0.1) is 12.6 Å². The lowest BCUT2D eigenvalue weighted by Gasteiger charge is -2.34. The van der Waals surface area contributed by atoms with Crippen molar-refractivity contribution in [2.75, 3.05) is 32.7 Å². The number of aliphatic hydroxyl groups is 1. The lowest BCUT2D eigenvalue weighted by Crippen LogP contribution is -2.47. The number of nitrogens with zero attached hydrogens (tertiary/aromatic N) is 4. The first kappa shape index (κ1) is 15.1. The molecule has 0 unspecified atom stereocenters. The maximum atomic E-state index is 10.3. The first-order chi connectivity index (χ1) is 10.7. The maximum Gasteiger partial charge on any atom is 0.240 e. The molecular formula is C16H22N4O2. The van der Waals surface area contributed by atoms with E-state index in [1.165, 1.54) is 0 Å². The van der Waals surface area contributed by atoms with Crippen molar-refractivity contribution in [1.82, 2.24) is 19.9 Å². The van der Waals surface area contributed by atoms with Crippen LogP contribution in [0, 0.1) is 6.92 Å². The van der Waals surface area contributed by atoms with Gasteiger partial charge in [0.25, 0.3) is 0 Å². The van der Waals surface area contributed by atoms with Gasteiger partial charge in [0.1, 0.15) is 0 Å². The zero-order valence-electron chi connectivity index (χ0n) is 12.9. The number of rotatable bonds is 5. The molecule has 2 aromatic rings. The molecule has 6 heteroatoms. The van der Waals surface area contributed by atoms with Crippen molar-refractivity contribution in [2.24, 2.45) is 0 Å². The molecule has 0 amide bonds. The topological polar surface area (TPSA) is 65.6 Å². The lowest BCUT2D eigenvalue weighted by molar-refractivity contribution is 0.0663. The number of hydrogen-bond donors (Lipinski definition) is 1. The van der Waals surface area contributed by atoms with Crippen molar-refractivity contribution in [3.05, 3.63) is 47.6 Å². The van der Waals surface area contributed by atoms with Crippen LogP contribution in [0.4, 0.5) is 0 Å². The molecule has 1 aromatic carbocycles. The molecule has 1 aliphatic rings. The summed E-state index contributed by atoms with van der Waals surface area (Å²) in [5.74, 6) is 1.36. The number of β-amino-alcohol motifs (C(OH)–C–C–N with tert-alkyl or cyclic N) is 1. The SMILES string of the molecule is Cc1noc(CN2CCN(C[C@@H](O)c3ccccc3)CC2)n1. The zero-order chi connectivity index (χ0) is 15.4. The van der Waals surface area contributed by atoms with Crippen molar-refractivity contribution in [1.29, 1.82) is 0 Å². The van der Waals surface area contributed by atoms with E-state index < -0.39 is 6.10 Å². The Morgan fingerprint density at radius 3 is 2.45 bits per heavy atom. The summed E-state index contributed by atoms with van der Waals surface area (Å²) in [5.41, 5.74) is 0.978. The second kappa shape index (κ2) is 7.00. The second-order valence-electron chi connectivity index (χ2n) is 5.74. The van der Waals surface area contributed by atoms with Crippen molar-refractivity contribution >= 4 is 0 Å². The van der Waals surface area contributed by atoms with Gasteiger partial charge in [-0.25, -0.2) is 0 Å². The van der Waals surface area contributed by atoms with Crippen LogP contribution < -0.4 is 0 Å². The zero-order valence-corrected chi connectivity index (χ0v) is 12.9. The van der Waals surface area contributed by atoms with Crippen LogP contribution in [-0.2, 0) is 6.54 Å². The minimum Gasteiger partial charge on any atom is -0.387 e. The number of aryl methyl sites for hydroxylation is 1. The molecule has 0 radical (unpaired) electrons. The first-order valence-electron chi connectivity index (χ1n) is 7.67. The molecule has 1 saturated heterocycles. The van der Waals surface area contributed by atoms with Crippen LogP contribution in [-0.4, -0.2) is 57.8 Å². The van der Waals surface area contributed by atoms with E-state index in [1.54, 1.807) is 0 Å². The Hall–Kier alpha value is -1.76. The molecule has 3 rings (SSSR count). The number of hydrogen-bond acceptors (Lipinski definition) is 6. The van der Waals surface area contributed by atoms with Gasteiger partial charge in [0.15, 0.2) is 5.82 Å². The van der Waals surface area contributed by atoms with Crippen LogP contribution in [0.1, 0.15) is 23.4 Å². The highest BCUT2D eigenvalue weighted by Crippen LogP contribution is 2.15. The molecule has 118 valence electrons. The fraction of sp³-hybridized carbons (Fsp3) is 0.500. The van der Waals surface area contributed by atoms with Gasteiger partial charge in [-0.1, -0.05) is 35.5 Å². The molecule has 0 aliphatic carbocycles. The third-order valence-corrected chi connectivity index (χ3v) is 4.01. The van der Waals surface area contributed by atoms with Gasteiger partial charge in [0.2, 0.25) is 5.89 Å². The molecule has 1 N–H and O–H groups in total. The number of aliphatic hydroxyl groups excluding tert-OH is 1. The van der Waals surface area contributed by atoms with E-state index >= 15 is 0 Å². The van der Waals surface area contributed by atoms with Crippen LogP contribution in [0.15, 0.2) is 34.9 Å². The summed E-state index contributed by atoms with van der Waals surface area (Å²) < 4.78 is 5.16. The van der Waals surface area contributed by atoms with Crippen molar-refractivity contribution in [2.45, 2.75) is 19.6 Å². The molecule has 0 spiro atoms. The molecule has 1 atom stereocenters. The summed E-state index contributed by atoms with van der Waals surface area (Å²) in [5, 5.41) is 14.1. The monoisotopic (exact) mass is 302 g/mol. The molecule has 1 aromatic heterocycles. The molecule has 6 nitrogen and oxygen atoms in total. The van der Waals surface area contributed by atoms with Gasteiger partial charge >= 0.3 is 0 Å². The van der Waals surface area contributed by atoms with Gasteiger partial charge < -0.3 is 9.63 Å². The Kier molecular flexibility index (Phi) is 4.82. The predicted octanol–water partition coefficient (Wildman–Crippen LogP) is 1.23. The lowest BCUT2D eigenvalue weighted by atomic mass is 10.1. The van der Waals surface area contributed by atoms with Gasteiger partial charge in [-0.3, -0.25) is 9.80 Å². The summed E-state index contributed by atoms with van der Waals surface area (Å²) in [7, 11) is 0. The number of benzene rings is 1. The van der Waals surface area contributed by atoms with E-state index in [9.17, 15) is 5.11 Å². The first-order valence-corrected chi connectivity index (χ1v) is 7.67. The Balaban J connectivity index is 1.45. The highest BCUT2D eigenvalue weighted by atomic mass is 16.5. The Morgan fingerprint density at radius 2 is 1.82 bits per heavy atom. The van der Waals surface area contributed by atoms with E-state index in [1.807, 2.05) is 37.3 Å². The van der Waals surface area contributed by atoms with Gasteiger partial charge in [-0.2, -0.15) is 4.98 Å². The van der Waals surface area contributed by atoms with Crippen LogP contribution in [0.5, 0.6) is 0 Å². The summed E-state index contributed by atoms with van der Waals surface area (Å²) in [6.45, 7) is 6.99. The van der Waals surface area contributed by atoms with Crippen LogP contribution in [0.25, 0.3) is 0 Å². The average molecular weight is 302 g/mol. The number of piperazine rings is 1. The van der Waals surface area contributed by atoms with Crippen molar-refractivity contribution in [3.8, 4) is 0 Å². The highest BCUT2D eigenvalue weighted by molar-refractivity contribution is 5.17. The average Bonchev–Trinajstić information content (AvgIpc) is 2.95. The number of aromatic nitrogens is 2. The third-order valence-electron chi connectivity index (χ3n) is 4.01. The van der Waals surface area contributed by atoms with Gasteiger partial charge in [0, 0.05) is 32.7 Å². The fourth-order valence-electron chi connectivity index (χ4n) is 2.75. The van der Waals surface area contributed by atoms with E-state index in [-0.39, 0.29) is 0 Å². The van der Waals surface area contributed by atoms with Crippen LogP contribution >= 0.6 is 0 Å². The van der Waals surface area contributed by atoms with Gasteiger partial charge in [-0.15, -0.1) is 0 Å². The molecule has 1 fully saturated rings. The van der Waals surface area contributed by atoms with Gasteiger partial charge in [-0.05, 0) is 12.5 Å². The smallest absolute Gasteiger partial charge is 0.240 e. The predicted molar refractivity (Wildman–Crippen MR) is 82.2 cm³/mol. The van der Waals surface area contributed by atoms with E-state index in [0.717, 1.165) is 31.7 Å². The fourth-order valence-corrected chi connectivity index (χ4v) is 2.75. The quantitative estimate of drug-likeness (QED) is 0.896.